The number of nitrogens with one attached hydrogen (secondary N) is 1. The Hall–Kier alpha value is -3.55. The molecule has 0 saturated heterocycles. The van der Waals surface area contributed by atoms with Crippen LogP contribution < -0.4 is 19.6 Å². The number of hydrazone groups is 1. The molecule has 176 valence electrons. The topological polar surface area (TPSA) is 86.2 Å². The minimum absolute atomic E-state index is 0.315. The minimum atomic E-state index is -0.782. The number of methoxy groups -OCH3 is 1. The molecular weight excluding hydrogens is 479 g/mol. The minimum Gasteiger partial charge on any atom is -0.497 e. The van der Waals surface area contributed by atoms with E-state index in [1.807, 2.05) is 6.92 Å². The van der Waals surface area contributed by atoms with Crippen LogP contribution in [0, 0.1) is 0 Å². The number of amides is 1. The Balaban J connectivity index is 1.53. The Morgan fingerprint density at radius 1 is 1.00 bits per heavy atom. The molecule has 0 fully saturated rings. The number of benzene rings is 3. The lowest BCUT2D eigenvalue weighted by atomic mass is 10.2. The highest BCUT2D eigenvalue weighted by atomic mass is 35.5. The van der Waals surface area contributed by atoms with Gasteiger partial charge in [-0.25, -0.2) is 10.2 Å². The molecule has 3 aromatic carbocycles. The number of carbonyl (C=O) groups is 2. The first kappa shape index (κ1) is 25.1. The summed E-state index contributed by atoms with van der Waals surface area (Å²) >= 11 is 12.0. The lowest BCUT2D eigenvalue weighted by Crippen LogP contribution is -2.35. The Kier molecular flexibility index (Phi) is 8.90. The lowest BCUT2D eigenvalue weighted by molar-refractivity contribution is -0.128. The van der Waals surface area contributed by atoms with Gasteiger partial charge in [0.25, 0.3) is 5.91 Å². The second-order valence-electron chi connectivity index (χ2n) is 7.01. The Morgan fingerprint density at radius 3 is 2.29 bits per heavy atom. The molecule has 0 radical (unpaired) electrons. The lowest BCUT2D eigenvalue weighted by Gasteiger charge is -2.16. The number of hydrogen-bond acceptors (Lipinski definition) is 6. The second-order valence-corrected chi connectivity index (χ2v) is 7.85. The summed E-state index contributed by atoms with van der Waals surface area (Å²) in [6.07, 6.45) is 1.10. The highest BCUT2D eigenvalue weighted by molar-refractivity contribution is 6.35. The summed E-state index contributed by atoms with van der Waals surface area (Å²) < 4.78 is 16.1. The average Bonchev–Trinajstić information content (AvgIpc) is 2.84. The fourth-order valence-electron chi connectivity index (χ4n) is 2.80. The van der Waals surface area contributed by atoms with Crippen molar-refractivity contribution in [2.45, 2.75) is 19.4 Å². The van der Waals surface area contributed by atoms with Crippen molar-refractivity contribution in [2.24, 2.45) is 5.10 Å². The number of ether oxygens (including phenoxy) is 3. The third-order valence-electron chi connectivity index (χ3n) is 4.63. The van der Waals surface area contributed by atoms with Crippen molar-refractivity contribution in [3.05, 3.63) is 87.9 Å². The quantitative estimate of drug-likeness (QED) is 0.180. The van der Waals surface area contributed by atoms with Crippen LogP contribution in [0.3, 0.4) is 0 Å². The van der Waals surface area contributed by atoms with E-state index in [9.17, 15) is 9.59 Å². The maximum absolute atomic E-state index is 12.4. The number of hydrogen-bond donors (Lipinski definition) is 1. The predicted molar refractivity (Wildman–Crippen MR) is 131 cm³/mol. The van der Waals surface area contributed by atoms with Gasteiger partial charge in [-0.05, 0) is 78.7 Å². The van der Waals surface area contributed by atoms with E-state index in [-0.39, 0.29) is 0 Å². The molecule has 3 aromatic rings. The van der Waals surface area contributed by atoms with E-state index in [1.165, 1.54) is 6.21 Å². The van der Waals surface area contributed by atoms with Gasteiger partial charge < -0.3 is 14.2 Å². The predicted octanol–water partition coefficient (Wildman–Crippen LogP) is 5.53. The molecule has 0 heterocycles. The van der Waals surface area contributed by atoms with Crippen LogP contribution in [0.25, 0.3) is 0 Å². The van der Waals surface area contributed by atoms with Crippen LogP contribution >= 0.6 is 23.2 Å². The fourth-order valence-corrected chi connectivity index (χ4v) is 3.26. The average molecular weight is 501 g/mol. The maximum Gasteiger partial charge on any atom is 0.343 e. The molecule has 0 aromatic heterocycles. The maximum atomic E-state index is 12.4. The molecular formula is C25H22Cl2N2O5. The monoisotopic (exact) mass is 500 g/mol. The highest BCUT2D eigenvalue weighted by Gasteiger charge is 2.19. The Labute approximate surface area is 207 Å². The van der Waals surface area contributed by atoms with Crippen molar-refractivity contribution < 1.29 is 23.8 Å². The molecule has 34 heavy (non-hydrogen) atoms. The molecule has 0 aliphatic rings. The molecule has 0 bridgehead atoms. The highest BCUT2D eigenvalue weighted by Crippen LogP contribution is 2.28. The van der Waals surface area contributed by atoms with Crippen LogP contribution in [0.15, 0.2) is 71.8 Å². The molecule has 3 rings (SSSR count). The van der Waals surface area contributed by atoms with Crippen molar-refractivity contribution in [1.82, 2.24) is 5.43 Å². The third-order valence-corrected chi connectivity index (χ3v) is 5.16. The van der Waals surface area contributed by atoms with E-state index in [2.05, 4.69) is 10.5 Å². The Morgan fingerprint density at radius 2 is 1.68 bits per heavy atom. The van der Waals surface area contributed by atoms with Crippen molar-refractivity contribution in [3.8, 4) is 17.2 Å². The third kappa shape index (κ3) is 6.97. The van der Waals surface area contributed by atoms with Crippen LogP contribution in [0.4, 0.5) is 0 Å². The van der Waals surface area contributed by atoms with Gasteiger partial charge in [0, 0.05) is 5.02 Å². The van der Waals surface area contributed by atoms with E-state index >= 15 is 0 Å². The van der Waals surface area contributed by atoms with Crippen LogP contribution in [-0.4, -0.2) is 31.3 Å². The van der Waals surface area contributed by atoms with E-state index in [1.54, 1.807) is 73.8 Å². The van der Waals surface area contributed by atoms with E-state index in [4.69, 9.17) is 37.4 Å². The smallest absolute Gasteiger partial charge is 0.343 e. The largest absolute Gasteiger partial charge is 0.497 e. The zero-order valence-corrected chi connectivity index (χ0v) is 20.0. The standard InChI is InChI=1S/C25H22Cl2N2O5/c1-3-22(34-23-13-8-18(26)14-21(23)27)24(30)29-28-15-16-4-9-20(10-5-16)33-25(31)17-6-11-19(32-2)12-7-17/h4-15,22H,3H2,1-2H3,(H,29,30)/b28-15-/t22-/m1/s1. The molecule has 0 saturated carbocycles. The van der Waals surface area contributed by atoms with Gasteiger partial charge in [-0.15, -0.1) is 0 Å². The summed E-state index contributed by atoms with van der Waals surface area (Å²) in [5.74, 6) is 0.480. The molecule has 1 N–H and O–H groups in total. The van der Waals surface area contributed by atoms with Gasteiger partial charge in [-0.1, -0.05) is 30.1 Å². The van der Waals surface area contributed by atoms with Gasteiger partial charge in [0.2, 0.25) is 0 Å². The summed E-state index contributed by atoms with van der Waals surface area (Å²) in [6.45, 7) is 1.81. The number of carbonyl (C=O) groups excluding carboxylic acids is 2. The first-order valence-electron chi connectivity index (χ1n) is 10.3. The molecule has 1 amide bonds. The van der Waals surface area contributed by atoms with Gasteiger partial charge in [0.05, 0.1) is 23.9 Å². The van der Waals surface area contributed by atoms with Crippen molar-refractivity contribution >= 4 is 41.3 Å². The summed E-state index contributed by atoms with van der Waals surface area (Å²) in [5.41, 5.74) is 3.55. The molecule has 7 nitrogen and oxygen atoms in total. The molecule has 1 atom stereocenters. The number of esters is 1. The van der Waals surface area contributed by atoms with Gasteiger partial charge >= 0.3 is 5.97 Å². The summed E-state index contributed by atoms with van der Waals surface area (Å²) in [6, 6.07) is 18.1. The van der Waals surface area contributed by atoms with Crippen LogP contribution in [0.1, 0.15) is 29.3 Å². The SMILES string of the molecule is CC[C@@H](Oc1ccc(Cl)cc1Cl)C(=O)N/N=C\c1ccc(OC(=O)c2ccc(OC)cc2)cc1. The Bertz CT molecular complexity index is 1160. The zero-order valence-electron chi connectivity index (χ0n) is 18.5. The van der Waals surface area contributed by atoms with Gasteiger partial charge in [-0.2, -0.15) is 5.10 Å². The van der Waals surface area contributed by atoms with Crippen molar-refractivity contribution in [1.29, 1.82) is 0 Å². The zero-order chi connectivity index (χ0) is 24.5. The van der Waals surface area contributed by atoms with Crippen LogP contribution in [0.2, 0.25) is 10.0 Å². The van der Waals surface area contributed by atoms with Gasteiger partial charge in [0.15, 0.2) is 6.10 Å². The summed E-state index contributed by atoms with van der Waals surface area (Å²) in [5, 5.41) is 4.75. The first-order valence-corrected chi connectivity index (χ1v) is 11.1. The van der Waals surface area contributed by atoms with Crippen LogP contribution in [-0.2, 0) is 4.79 Å². The molecule has 0 spiro atoms. The van der Waals surface area contributed by atoms with E-state index in [0.717, 1.165) is 0 Å². The number of rotatable bonds is 9. The van der Waals surface area contributed by atoms with Gasteiger partial charge in [-0.3, -0.25) is 4.79 Å². The molecule has 0 aliphatic carbocycles. The van der Waals surface area contributed by atoms with Crippen molar-refractivity contribution in [3.63, 3.8) is 0 Å². The number of halogens is 2. The molecule has 0 unspecified atom stereocenters. The number of nitrogens with zero attached hydrogens (tertiary/aromatic N) is 1. The summed E-state index contributed by atoms with van der Waals surface area (Å²) in [4.78, 5) is 24.7. The van der Waals surface area contributed by atoms with Gasteiger partial charge in [0.1, 0.15) is 17.2 Å². The van der Waals surface area contributed by atoms with E-state index < -0.39 is 18.0 Å². The van der Waals surface area contributed by atoms with E-state index in [0.29, 0.717) is 44.8 Å². The summed E-state index contributed by atoms with van der Waals surface area (Å²) in [7, 11) is 1.55. The molecule has 0 aliphatic heterocycles. The van der Waals surface area contributed by atoms with Crippen LogP contribution in [0.5, 0.6) is 17.2 Å². The first-order chi connectivity index (χ1) is 16.4. The molecule has 9 heteroatoms. The second kappa shape index (κ2) is 12.1. The van der Waals surface area contributed by atoms with Crippen molar-refractivity contribution in [2.75, 3.05) is 7.11 Å². The normalized spacial score (nSPS) is 11.6. The fraction of sp³-hybridized carbons (Fsp3) is 0.160.